The van der Waals surface area contributed by atoms with Crippen LogP contribution in [0.4, 0.5) is 4.39 Å². The maximum Gasteiger partial charge on any atom is 0.257 e. The lowest BCUT2D eigenvalue weighted by Crippen LogP contribution is -2.48. The normalized spacial score (nSPS) is 23.3. The molecule has 1 aromatic heterocycles. The zero-order chi connectivity index (χ0) is 28.8. The van der Waals surface area contributed by atoms with E-state index in [0.717, 1.165) is 38.8 Å². The average molecular weight is 580 g/mol. The predicted molar refractivity (Wildman–Crippen MR) is 153 cm³/mol. The second kappa shape index (κ2) is 10.7. The molecule has 3 aromatic rings. The van der Waals surface area contributed by atoms with Gasteiger partial charge in [-0.3, -0.25) is 14.7 Å². The number of aliphatic hydroxyl groups is 2. The van der Waals surface area contributed by atoms with Crippen LogP contribution < -0.4 is 5.32 Å². The van der Waals surface area contributed by atoms with Crippen molar-refractivity contribution < 1.29 is 24.1 Å². The van der Waals surface area contributed by atoms with Crippen molar-refractivity contribution >= 4 is 17.5 Å². The standard InChI is InChI=1S/C32H35ClFN3O4/c1-30(40,21-9-14-35-15-10-21)23-16-26-28(27(34)17-23)32(22-5-7-24(33)8-6-22,41-20-31(19-38)11-12-31)37(29(26)39)18-25-4-2-3-13-36-25/h2-8,13,16-17,21,35,38,40H,9-12,14-15,18-20H2,1H3/t30?,32-/m1/s1. The Kier molecular flexibility index (Phi) is 7.41. The van der Waals surface area contributed by atoms with Crippen molar-refractivity contribution in [2.75, 3.05) is 26.3 Å². The first-order chi connectivity index (χ1) is 19.7. The summed E-state index contributed by atoms with van der Waals surface area (Å²) in [7, 11) is 0. The third kappa shape index (κ3) is 4.96. The Bertz CT molecular complexity index is 1420. The number of piperidine rings is 1. The second-order valence-corrected chi connectivity index (χ2v) is 12.3. The van der Waals surface area contributed by atoms with Crippen LogP contribution in [0.2, 0.25) is 5.02 Å². The van der Waals surface area contributed by atoms with Crippen molar-refractivity contribution in [2.45, 2.75) is 50.5 Å². The van der Waals surface area contributed by atoms with Gasteiger partial charge in [-0.2, -0.15) is 0 Å². The number of carbonyl (C=O) groups excluding carboxylic acids is 1. The molecule has 216 valence electrons. The summed E-state index contributed by atoms with van der Waals surface area (Å²) < 4.78 is 23.3. The van der Waals surface area contributed by atoms with Gasteiger partial charge in [0.25, 0.3) is 5.91 Å². The van der Waals surface area contributed by atoms with E-state index in [2.05, 4.69) is 10.3 Å². The predicted octanol–water partition coefficient (Wildman–Crippen LogP) is 4.73. The molecule has 2 fully saturated rings. The first-order valence-corrected chi connectivity index (χ1v) is 14.6. The van der Waals surface area contributed by atoms with E-state index >= 15 is 4.39 Å². The Morgan fingerprint density at radius 2 is 1.90 bits per heavy atom. The van der Waals surface area contributed by atoms with E-state index in [1.165, 1.54) is 11.0 Å². The molecule has 41 heavy (non-hydrogen) atoms. The van der Waals surface area contributed by atoms with Gasteiger partial charge in [0.2, 0.25) is 0 Å². The van der Waals surface area contributed by atoms with Crippen LogP contribution in [-0.4, -0.2) is 52.3 Å². The lowest BCUT2D eigenvalue weighted by molar-refractivity contribution is -0.130. The lowest BCUT2D eigenvalue weighted by atomic mass is 9.76. The van der Waals surface area contributed by atoms with Crippen molar-refractivity contribution in [3.63, 3.8) is 0 Å². The van der Waals surface area contributed by atoms with Crippen LogP contribution in [0.3, 0.4) is 0 Å². The highest BCUT2D eigenvalue weighted by molar-refractivity contribution is 6.30. The van der Waals surface area contributed by atoms with Gasteiger partial charge in [0.1, 0.15) is 5.82 Å². The molecule has 1 saturated carbocycles. The number of benzene rings is 2. The molecule has 1 aliphatic carbocycles. The van der Waals surface area contributed by atoms with Crippen LogP contribution in [0.1, 0.15) is 65.3 Å². The quantitative estimate of drug-likeness (QED) is 0.339. The average Bonchev–Trinajstić information content (AvgIpc) is 3.74. The largest absolute Gasteiger partial charge is 0.396 e. The van der Waals surface area contributed by atoms with E-state index in [0.29, 0.717) is 21.8 Å². The number of ether oxygens (including phenoxy) is 1. The topological polar surface area (TPSA) is 94.9 Å². The zero-order valence-electron chi connectivity index (χ0n) is 23.1. The molecule has 9 heteroatoms. The highest BCUT2D eigenvalue weighted by atomic mass is 35.5. The number of aromatic nitrogens is 1. The molecule has 3 heterocycles. The molecule has 3 N–H and O–H groups in total. The fourth-order valence-electron chi connectivity index (χ4n) is 6.28. The summed E-state index contributed by atoms with van der Waals surface area (Å²) in [5, 5.41) is 25.6. The number of aliphatic hydroxyl groups excluding tert-OH is 1. The van der Waals surface area contributed by atoms with Gasteiger partial charge in [-0.15, -0.1) is 0 Å². The van der Waals surface area contributed by atoms with Gasteiger partial charge in [0.15, 0.2) is 5.72 Å². The monoisotopic (exact) mass is 579 g/mol. The van der Waals surface area contributed by atoms with Gasteiger partial charge in [0, 0.05) is 22.2 Å². The SMILES string of the molecule is CC(O)(c1cc(F)c2c(c1)C(=O)N(Cc1ccccn1)[C@@]2(OCC1(CO)CC1)c1ccc(Cl)cc1)C1CCNCC1. The molecule has 2 aromatic carbocycles. The van der Waals surface area contributed by atoms with Gasteiger partial charge in [0.05, 0.1) is 42.2 Å². The smallest absolute Gasteiger partial charge is 0.257 e. The van der Waals surface area contributed by atoms with Crippen molar-refractivity contribution in [1.82, 2.24) is 15.2 Å². The molecule has 0 bridgehead atoms. The molecule has 2 aliphatic heterocycles. The highest BCUT2D eigenvalue weighted by Crippen LogP contribution is 2.52. The molecule has 1 unspecified atom stereocenters. The number of pyridine rings is 1. The number of fused-ring (bicyclic) bond motifs is 1. The maximum atomic E-state index is 16.6. The number of hydrogen-bond donors (Lipinski definition) is 3. The molecule has 2 atom stereocenters. The molecule has 1 saturated heterocycles. The van der Waals surface area contributed by atoms with Crippen LogP contribution in [0, 0.1) is 17.2 Å². The van der Waals surface area contributed by atoms with E-state index in [1.807, 2.05) is 12.1 Å². The number of rotatable bonds is 9. The number of halogens is 2. The summed E-state index contributed by atoms with van der Waals surface area (Å²) in [6.07, 6.45) is 4.69. The van der Waals surface area contributed by atoms with Gasteiger partial charge >= 0.3 is 0 Å². The van der Waals surface area contributed by atoms with Crippen LogP contribution >= 0.6 is 11.6 Å². The number of nitrogens with one attached hydrogen (secondary N) is 1. The van der Waals surface area contributed by atoms with Crippen LogP contribution in [-0.2, 0) is 22.6 Å². The van der Waals surface area contributed by atoms with Gasteiger partial charge < -0.3 is 20.3 Å². The van der Waals surface area contributed by atoms with Crippen LogP contribution in [0.5, 0.6) is 0 Å². The number of amides is 1. The minimum atomic E-state index is -1.64. The van der Waals surface area contributed by atoms with E-state index < -0.39 is 28.5 Å². The molecule has 1 amide bonds. The third-order valence-corrected chi connectivity index (χ3v) is 9.42. The van der Waals surface area contributed by atoms with Crippen molar-refractivity contribution in [3.05, 3.63) is 99.6 Å². The summed E-state index contributed by atoms with van der Waals surface area (Å²) in [5.74, 6) is -1.14. The Balaban J connectivity index is 1.53. The third-order valence-electron chi connectivity index (χ3n) is 9.16. The second-order valence-electron chi connectivity index (χ2n) is 11.9. The molecular weight excluding hydrogens is 545 g/mol. The summed E-state index contributed by atoms with van der Waals surface area (Å²) in [6, 6.07) is 15.3. The minimum absolute atomic E-state index is 0.0581. The summed E-state index contributed by atoms with van der Waals surface area (Å²) in [4.78, 5) is 20.3. The van der Waals surface area contributed by atoms with Gasteiger partial charge in [-0.05, 0) is 93.6 Å². The van der Waals surface area contributed by atoms with Crippen LogP contribution in [0.25, 0.3) is 0 Å². The Morgan fingerprint density at radius 1 is 1.17 bits per heavy atom. The Morgan fingerprint density at radius 3 is 2.54 bits per heavy atom. The van der Waals surface area contributed by atoms with E-state index in [1.54, 1.807) is 49.5 Å². The minimum Gasteiger partial charge on any atom is -0.396 e. The van der Waals surface area contributed by atoms with E-state index in [-0.39, 0.29) is 36.8 Å². The molecule has 0 radical (unpaired) electrons. The molecule has 0 spiro atoms. The maximum absolute atomic E-state index is 16.6. The summed E-state index contributed by atoms with van der Waals surface area (Å²) in [6.45, 7) is 3.37. The fraction of sp³-hybridized carbons (Fsp3) is 0.438. The molecular formula is C32H35ClFN3O4. The van der Waals surface area contributed by atoms with Gasteiger partial charge in [-0.25, -0.2) is 4.39 Å². The van der Waals surface area contributed by atoms with Gasteiger partial charge in [-0.1, -0.05) is 29.8 Å². The molecule has 6 rings (SSSR count). The number of nitrogens with zero attached hydrogens (tertiary/aromatic N) is 2. The summed E-state index contributed by atoms with van der Waals surface area (Å²) >= 11 is 6.25. The number of hydrogen-bond acceptors (Lipinski definition) is 6. The first-order valence-electron chi connectivity index (χ1n) is 14.2. The summed E-state index contributed by atoms with van der Waals surface area (Å²) in [5.41, 5.74) is -1.64. The van der Waals surface area contributed by atoms with Crippen LogP contribution in [0.15, 0.2) is 60.8 Å². The first kappa shape index (κ1) is 28.2. The van der Waals surface area contributed by atoms with Crippen molar-refractivity contribution in [1.29, 1.82) is 0 Å². The number of carbonyl (C=O) groups is 1. The van der Waals surface area contributed by atoms with Crippen molar-refractivity contribution in [2.24, 2.45) is 11.3 Å². The highest BCUT2D eigenvalue weighted by Gasteiger charge is 2.57. The van der Waals surface area contributed by atoms with Crippen molar-refractivity contribution in [3.8, 4) is 0 Å². The van der Waals surface area contributed by atoms with E-state index in [9.17, 15) is 15.0 Å². The zero-order valence-corrected chi connectivity index (χ0v) is 23.8. The molecule has 3 aliphatic rings. The Hall–Kier alpha value is -2.88. The fourth-order valence-corrected chi connectivity index (χ4v) is 6.41. The Labute approximate surface area is 244 Å². The van der Waals surface area contributed by atoms with E-state index in [4.69, 9.17) is 16.3 Å². The lowest BCUT2D eigenvalue weighted by Gasteiger charge is -2.40. The molecule has 7 nitrogen and oxygen atoms in total.